The molecular weight excluding hydrogens is 492 g/mol. The fourth-order valence-electron chi connectivity index (χ4n) is 4.08. The van der Waals surface area contributed by atoms with Gasteiger partial charge in [0.1, 0.15) is 0 Å². The highest BCUT2D eigenvalue weighted by atomic mass is 32.2. The fraction of sp³-hybridized carbons (Fsp3) is 0.214. The Labute approximate surface area is 215 Å². The van der Waals surface area contributed by atoms with E-state index in [1.807, 2.05) is 30.3 Å². The van der Waals surface area contributed by atoms with E-state index in [-0.39, 0.29) is 29.3 Å². The number of sulfonamides is 1. The maximum atomic E-state index is 13.7. The van der Waals surface area contributed by atoms with Gasteiger partial charge in [0.25, 0.3) is 5.56 Å². The van der Waals surface area contributed by atoms with E-state index in [4.69, 9.17) is 9.47 Å². The van der Waals surface area contributed by atoms with E-state index < -0.39 is 15.6 Å². The second-order valence-electron chi connectivity index (χ2n) is 8.57. The van der Waals surface area contributed by atoms with Crippen LogP contribution >= 0.6 is 0 Å². The smallest absolute Gasteiger partial charge is 0.252 e. The summed E-state index contributed by atoms with van der Waals surface area (Å²) in [5, 5.41) is 0.679. The zero-order valence-corrected chi connectivity index (χ0v) is 21.7. The van der Waals surface area contributed by atoms with E-state index in [1.54, 1.807) is 18.2 Å². The minimum atomic E-state index is -3.98. The average molecular weight is 521 g/mol. The summed E-state index contributed by atoms with van der Waals surface area (Å²) in [7, 11) is -0.953. The van der Waals surface area contributed by atoms with E-state index in [0.29, 0.717) is 34.4 Å². The number of methoxy groups -OCH3 is 2. The van der Waals surface area contributed by atoms with Crippen molar-refractivity contribution in [2.75, 3.05) is 20.8 Å². The van der Waals surface area contributed by atoms with E-state index in [1.165, 1.54) is 49.7 Å². The van der Waals surface area contributed by atoms with Gasteiger partial charge in [-0.25, -0.2) is 8.42 Å². The van der Waals surface area contributed by atoms with Crippen LogP contribution in [0.2, 0.25) is 0 Å². The molecule has 1 heterocycles. The number of carbonyl (C=O) groups is 1. The van der Waals surface area contributed by atoms with Crippen LogP contribution in [0.3, 0.4) is 0 Å². The number of Topliss-reactive ketones (excluding diaryl/α,β-unsaturated/α-hetero) is 1. The van der Waals surface area contributed by atoms with Crippen LogP contribution in [0.25, 0.3) is 10.9 Å². The average Bonchev–Trinajstić information content (AvgIpc) is 2.91. The van der Waals surface area contributed by atoms with Crippen LogP contribution < -0.4 is 15.0 Å². The third-order valence-electron chi connectivity index (χ3n) is 6.16. The number of carbonyl (C=O) groups excluding carboxylic acids is 1. The fourth-order valence-corrected chi connectivity index (χ4v) is 5.50. The number of ether oxygens (including phenoxy) is 2. The van der Waals surface area contributed by atoms with E-state index >= 15 is 0 Å². The summed E-state index contributed by atoms with van der Waals surface area (Å²) in [5.41, 5.74) is 1.83. The van der Waals surface area contributed by atoms with Crippen molar-refractivity contribution < 1.29 is 22.7 Å². The van der Waals surface area contributed by atoms with Crippen molar-refractivity contribution in [2.45, 2.75) is 24.8 Å². The van der Waals surface area contributed by atoms with Crippen molar-refractivity contribution in [2.24, 2.45) is 0 Å². The van der Waals surface area contributed by atoms with Crippen LogP contribution in [-0.2, 0) is 23.0 Å². The highest BCUT2D eigenvalue weighted by molar-refractivity contribution is 7.89. The summed E-state index contributed by atoms with van der Waals surface area (Å²) in [6.45, 7) is 1.44. The third kappa shape index (κ3) is 5.73. The Morgan fingerprint density at radius 2 is 1.57 bits per heavy atom. The van der Waals surface area contributed by atoms with Gasteiger partial charge in [0, 0.05) is 35.7 Å². The Morgan fingerprint density at radius 1 is 0.919 bits per heavy atom. The molecule has 0 aliphatic carbocycles. The molecule has 1 aromatic heterocycles. The topological polar surface area (TPSA) is 106 Å². The second-order valence-corrected chi connectivity index (χ2v) is 10.5. The molecule has 0 unspecified atom stereocenters. The van der Waals surface area contributed by atoms with Crippen LogP contribution in [0.4, 0.5) is 0 Å². The summed E-state index contributed by atoms with van der Waals surface area (Å²) in [6.07, 6.45) is 0.460. The van der Waals surface area contributed by atoms with Crippen LogP contribution in [0.5, 0.6) is 11.5 Å². The first-order valence-corrected chi connectivity index (χ1v) is 13.1. The van der Waals surface area contributed by atoms with Gasteiger partial charge in [-0.15, -0.1) is 0 Å². The number of fused-ring (bicyclic) bond motifs is 1. The molecule has 8 nitrogen and oxygen atoms in total. The maximum Gasteiger partial charge on any atom is 0.252 e. The number of benzene rings is 3. The number of nitrogens with zero attached hydrogens (tertiary/aromatic N) is 1. The molecule has 3 aromatic carbocycles. The number of hydrogen-bond donors (Lipinski definition) is 1. The van der Waals surface area contributed by atoms with Gasteiger partial charge in [0.15, 0.2) is 17.3 Å². The Bertz CT molecular complexity index is 1580. The van der Waals surface area contributed by atoms with Crippen LogP contribution in [0.15, 0.2) is 82.5 Å². The molecular formula is C28H28N2O6S. The Balaban J connectivity index is 1.73. The molecule has 0 spiro atoms. The number of rotatable bonds is 10. The van der Waals surface area contributed by atoms with Gasteiger partial charge in [-0.2, -0.15) is 4.31 Å². The number of nitrogens with one attached hydrogen (secondary N) is 1. The van der Waals surface area contributed by atoms with Crippen LogP contribution in [0.1, 0.15) is 28.4 Å². The molecule has 4 aromatic rings. The summed E-state index contributed by atoms with van der Waals surface area (Å²) >= 11 is 0. The Hall–Kier alpha value is -3.95. The molecule has 37 heavy (non-hydrogen) atoms. The predicted molar refractivity (Wildman–Crippen MR) is 142 cm³/mol. The molecule has 192 valence electrons. The standard InChI is InChI=1S/C28H28N2O6S/c1-19(31)21-9-11-24(12-10-21)37(33,34)30(14-13-20-7-5-4-6-8-20)18-23-15-22-16-26(35-2)27(36-3)17-25(22)29-28(23)32/h4-12,15-17H,13-14,18H2,1-3H3,(H,29,32). The van der Waals surface area contributed by atoms with E-state index in [0.717, 1.165) is 5.56 Å². The molecule has 0 atom stereocenters. The lowest BCUT2D eigenvalue weighted by Crippen LogP contribution is -2.34. The predicted octanol–water partition coefficient (Wildman–Crippen LogP) is 4.18. The first-order valence-electron chi connectivity index (χ1n) is 11.7. The van der Waals surface area contributed by atoms with Gasteiger partial charge in [0.2, 0.25) is 10.0 Å². The van der Waals surface area contributed by atoms with Crippen molar-refractivity contribution >= 4 is 26.7 Å². The van der Waals surface area contributed by atoms with Crippen molar-refractivity contribution in [1.29, 1.82) is 0 Å². The van der Waals surface area contributed by atoms with E-state index in [2.05, 4.69) is 4.98 Å². The summed E-state index contributed by atoms with van der Waals surface area (Å²) in [5.74, 6) is 0.811. The maximum absolute atomic E-state index is 13.7. The van der Waals surface area contributed by atoms with Crippen LogP contribution in [-0.4, -0.2) is 44.3 Å². The van der Waals surface area contributed by atoms with Gasteiger partial charge >= 0.3 is 0 Å². The summed E-state index contributed by atoms with van der Waals surface area (Å²) in [4.78, 5) is 27.5. The summed E-state index contributed by atoms with van der Waals surface area (Å²) < 4.78 is 39.4. The van der Waals surface area contributed by atoms with Gasteiger partial charge in [-0.1, -0.05) is 42.5 Å². The number of ketones is 1. The minimum absolute atomic E-state index is 0.0502. The second kappa shape index (κ2) is 11.0. The molecule has 0 aliphatic heterocycles. The first-order chi connectivity index (χ1) is 17.7. The molecule has 4 rings (SSSR count). The van der Waals surface area contributed by atoms with Crippen molar-refractivity contribution in [3.63, 3.8) is 0 Å². The largest absolute Gasteiger partial charge is 0.493 e. The third-order valence-corrected chi connectivity index (χ3v) is 8.02. The molecule has 0 amide bonds. The molecule has 0 aliphatic rings. The molecule has 0 saturated carbocycles. The number of aromatic nitrogens is 1. The molecule has 0 radical (unpaired) electrons. The van der Waals surface area contributed by atoms with Crippen molar-refractivity contribution in [1.82, 2.24) is 9.29 Å². The Morgan fingerprint density at radius 3 is 2.19 bits per heavy atom. The zero-order valence-electron chi connectivity index (χ0n) is 20.9. The number of pyridine rings is 1. The normalized spacial score (nSPS) is 11.6. The molecule has 0 fully saturated rings. The van der Waals surface area contributed by atoms with Crippen LogP contribution in [0, 0.1) is 0 Å². The van der Waals surface area contributed by atoms with Gasteiger partial charge in [-0.3, -0.25) is 9.59 Å². The summed E-state index contributed by atoms with van der Waals surface area (Å²) in [6, 6.07) is 20.4. The molecule has 9 heteroatoms. The lowest BCUT2D eigenvalue weighted by Gasteiger charge is -2.22. The molecule has 0 bridgehead atoms. The number of H-pyrrole nitrogens is 1. The number of hydrogen-bond acceptors (Lipinski definition) is 6. The molecule has 1 N–H and O–H groups in total. The van der Waals surface area contributed by atoms with Gasteiger partial charge in [-0.05, 0) is 43.2 Å². The zero-order chi connectivity index (χ0) is 26.6. The monoisotopic (exact) mass is 520 g/mol. The Kier molecular flexibility index (Phi) is 7.75. The van der Waals surface area contributed by atoms with Crippen molar-refractivity contribution in [3.8, 4) is 11.5 Å². The first kappa shape index (κ1) is 26.1. The van der Waals surface area contributed by atoms with Gasteiger partial charge < -0.3 is 14.5 Å². The van der Waals surface area contributed by atoms with E-state index in [9.17, 15) is 18.0 Å². The van der Waals surface area contributed by atoms with Crippen molar-refractivity contribution in [3.05, 3.63) is 99.8 Å². The molecule has 0 saturated heterocycles. The quantitative estimate of drug-likeness (QED) is 0.315. The minimum Gasteiger partial charge on any atom is -0.493 e. The highest BCUT2D eigenvalue weighted by Crippen LogP contribution is 2.31. The SMILES string of the molecule is COc1cc2cc(CN(CCc3ccccc3)S(=O)(=O)c3ccc(C(C)=O)cc3)c(=O)[nH]c2cc1OC. The van der Waals surface area contributed by atoms with Gasteiger partial charge in [0.05, 0.1) is 24.6 Å². The number of aromatic amines is 1. The highest BCUT2D eigenvalue weighted by Gasteiger charge is 2.26. The lowest BCUT2D eigenvalue weighted by atomic mass is 10.1. The lowest BCUT2D eigenvalue weighted by molar-refractivity contribution is 0.101.